The Morgan fingerprint density at radius 2 is 2.20 bits per heavy atom. The van der Waals surface area contributed by atoms with Crippen LogP contribution in [0, 0.1) is 21.4 Å². The van der Waals surface area contributed by atoms with Crippen LogP contribution in [0.2, 0.25) is 0 Å². The van der Waals surface area contributed by atoms with Gasteiger partial charge in [0, 0.05) is 20.2 Å². The van der Waals surface area contributed by atoms with Gasteiger partial charge in [-0.05, 0) is 12.1 Å². The van der Waals surface area contributed by atoms with Crippen LogP contribution >= 0.6 is 0 Å². The molecule has 0 saturated heterocycles. The SMILES string of the molecule is CN(C)Nc1ccc([N+](=O)[O-])c(C#N)c1. The Hall–Kier alpha value is -2.13. The van der Waals surface area contributed by atoms with Crippen LogP contribution in [-0.4, -0.2) is 24.0 Å². The number of benzene rings is 1. The first-order valence-corrected chi connectivity index (χ1v) is 4.17. The Morgan fingerprint density at radius 3 is 2.67 bits per heavy atom. The summed E-state index contributed by atoms with van der Waals surface area (Å²) < 4.78 is 0. The highest BCUT2D eigenvalue weighted by Crippen LogP contribution is 2.21. The van der Waals surface area contributed by atoms with Crippen LogP contribution in [0.5, 0.6) is 0 Å². The Kier molecular flexibility index (Phi) is 3.21. The summed E-state index contributed by atoms with van der Waals surface area (Å²) in [4.78, 5) is 9.97. The molecule has 0 fully saturated rings. The van der Waals surface area contributed by atoms with E-state index in [-0.39, 0.29) is 11.3 Å². The Balaban J connectivity index is 3.09. The van der Waals surface area contributed by atoms with Gasteiger partial charge in [0.25, 0.3) is 5.69 Å². The van der Waals surface area contributed by atoms with E-state index in [1.165, 1.54) is 12.1 Å². The summed E-state index contributed by atoms with van der Waals surface area (Å²) in [6.07, 6.45) is 0. The molecular formula is C9H10N4O2. The lowest BCUT2D eigenvalue weighted by atomic mass is 10.2. The van der Waals surface area contributed by atoms with Crippen molar-refractivity contribution in [2.75, 3.05) is 19.5 Å². The second-order valence-electron chi connectivity index (χ2n) is 3.11. The highest BCUT2D eigenvalue weighted by molar-refractivity contribution is 5.58. The van der Waals surface area contributed by atoms with Crippen molar-refractivity contribution < 1.29 is 4.92 Å². The van der Waals surface area contributed by atoms with E-state index in [0.29, 0.717) is 5.69 Å². The first-order valence-electron chi connectivity index (χ1n) is 4.17. The van der Waals surface area contributed by atoms with Crippen molar-refractivity contribution in [3.63, 3.8) is 0 Å². The molecule has 1 rings (SSSR count). The Bertz CT molecular complexity index is 423. The molecule has 0 bridgehead atoms. The predicted octanol–water partition coefficient (Wildman–Crippen LogP) is 1.35. The molecule has 1 aromatic rings. The van der Waals surface area contributed by atoms with Gasteiger partial charge in [0.1, 0.15) is 11.6 Å². The molecule has 15 heavy (non-hydrogen) atoms. The molecule has 0 atom stereocenters. The number of hydrazine groups is 1. The summed E-state index contributed by atoms with van der Waals surface area (Å²) in [5.74, 6) is 0. The first kappa shape index (κ1) is 10.9. The van der Waals surface area contributed by atoms with E-state index in [0.717, 1.165) is 0 Å². The van der Waals surface area contributed by atoms with Crippen LogP contribution < -0.4 is 5.43 Å². The van der Waals surface area contributed by atoms with Crippen LogP contribution in [0.3, 0.4) is 0 Å². The molecule has 0 unspecified atom stereocenters. The van der Waals surface area contributed by atoms with Gasteiger partial charge < -0.3 is 5.43 Å². The second kappa shape index (κ2) is 4.39. The highest BCUT2D eigenvalue weighted by Gasteiger charge is 2.13. The lowest BCUT2D eigenvalue weighted by Crippen LogP contribution is -2.19. The van der Waals surface area contributed by atoms with Gasteiger partial charge in [-0.1, -0.05) is 0 Å². The van der Waals surface area contributed by atoms with Crippen molar-refractivity contribution in [3.05, 3.63) is 33.9 Å². The van der Waals surface area contributed by atoms with Crippen molar-refractivity contribution in [1.29, 1.82) is 5.26 Å². The molecule has 0 saturated carbocycles. The van der Waals surface area contributed by atoms with E-state index >= 15 is 0 Å². The molecule has 0 aliphatic carbocycles. The molecule has 0 heterocycles. The normalized spacial score (nSPS) is 9.73. The van der Waals surface area contributed by atoms with Gasteiger partial charge in [0.2, 0.25) is 0 Å². The lowest BCUT2D eigenvalue weighted by Gasteiger charge is -2.13. The minimum atomic E-state index is -0.571. The number of nitro benzene ring substituents is 1. The number of hydrogen-bond acceptors (Lipinski definition) is 5. The van der Waals surface area contributed by atoms with Gasteiger partial charge in [-0.15, -0.1) is 0 Å². The fourth-order valence-electron chi connectivity index (χ4n) is 1.11. The van der Waals surface area contributed by atoms with Crippen molar-refractivity contribution >= 4 is 11.4 Å². The van der Waals surface area contributed by atoms with Gasteiger partial charge in [0.05, 0.1) is 10.6 Å². The van der Waals surface area contributed by atoms with E-state index in [4.69, 9.17) is 5.26 Å². The molecule has 1 N–H and O–H groups in total. The van der Waals surface area contributed by atoms with Crippen LogP contribution in [0.1, 0.15) is 5.56 Å². The smallest absolute Gasteiger partial charge is 0.287 e. The number of rotatable bonds is 3. The van der Waals surface area contributed by atoms with E-state index in [1.807, 2.05) is 0 Å². The summed E-state index contributed by atoms with van der Waals surface area (Å²) in [5.41, 5.74) is 3.42. The molecule has 0 spiro atoms. The standard InChI is InChI=1S/C9H10N4O2/c1-12(2)11-8-3-4-9(13(14)15)7(5-8)6-10/h3-5,11H,1-2H3. The zero-order valence-corrected chi connectivity index (χ0v) is 8.39. The number of nitro groups is 1. The predicted molar refractivity (Wildman–Crippen MR) is 55.1 cm³/mol. The number of anilines is 1. The van der Waals surface area contributed by atoms with Crippen molar-refractivity contribution in [2.45, 2.75) is 0 Å². The molecule has 0 aliphatic rings. The van der Waals surface area contributed by atoms with E-state index in [2.05, 4.69) is 5.43 Å². The molecule has 78 valence electrons. The monoisotopic (exact) mass is 206 g/mol. The molecule has 0 aromatic heterocycles. The molecule has 0 aliphatic heterocycles. The third-order valence-corrected chi connectivity index (χ3v) is 1.67. The Labute approximate surface area is 86.9 Å². The molecule has 6 nitrogen and oxygen atoms in total. The molecule has 0 radical (unpaired) electrons. The summed E-state index contributed by atoms with van der Waals surface area (Å²) >= 11 is 0. The minimum Gasteiger partial charge on any atom is -0.319 e. The fraction of sp³-hybridized carbons (Fsp3) is 0.222. The summed E-state index contributed by atoms with van der Waals surface area (Å²) in [7, 11) is 3.57. The molecule has 0 amide bonds. The molecule has 1 aromatic carbocycles. The topological polar surface area (TPSA) is 82.2 Å². The first-order chi connectivity index (χ1) is 7.04. The van der Waals surface area contributed by atoms with Crippen LogP contribution in [0.4, 0.5) is 11.4 Å². The van der Waals surface area contributed by atoms with E-state index in [9.17, 15) is 10.1 Å². The van der Waals surface area contributed by atoms with Gasteiger partial charge in [0.15, 0.2) is 0 Å². The van der Waals surface area contributed by atoms with Gasteiger partial charge >= 0.3 is 0 Å². The van der Waals surface area contributed by atoms with Crippen molar-refractivity contribution in [2.24, 2.45) is 0 Å². The summed E-state index contributed by atoms with van der Waals surface area (Å²) in [5, 5.41) is 21.0. The lowest BCUT2D eigenvalue weighted by molar-refractivity contribution is -0.385. The van der Waals surface area contributed by atoms with E-state index in [1.54, 1.807) is 31.2 Å². The Morgan fingerprint density at radius 1 is 1.53 bits per heavy atom. The number of nitrogens with one attached hydrogen (secondary N) is 1. The molecule has 6 heteroatoms. The third kappa shape index (κ3) is 2.65. The van der Waals surface area contributed by atoms with E-state index < -0.39 is 4.92 Å². The quantitative estimate of drug-likeness (QED) is 0.596. The largest absolute Gasteiger partial charge is 0.319 e. The van der Waals surface area contributed by atoms with Crippen LogP contribution in [-0.2, 0) is 0 Å². The zero-order chi connectivity index (χ0) is 11.4. The molecular weight excluding hydrogens is 196 g/mol. The minimum absolute atomic E-state index is 0.0480. The van der Waals surface area contributed by atoms with Crippen molar-refractivity contribution in [3.8, 4) is 6.07 Å². The number of hydrogen-bond donors (Lipinski definition) is 1. The zero-order valence-electron chi connectivity index (χ0n) is 8.39. The third-order valence-electron chi connectivity index (χ3n) is 1.67. The maximum Gasteiger partial charge on any atom is 0.287 e. The second-order valence-corrected chi connectivity index (χ2v) is 3.11. The van der Waals surface area contributed by atoms with Gasteiger partial charge in [-0.25, -0.2) is 5.01 Å². The number of nitrogens with zero attached hydrogens (tertiary/aromatic N) is 3. The average Bonchev–Trinajstić information content (AvgIpc) is 2.16. The van der Waals surface area contributed by atoms with Gasteiger partial charge in [-0.2, -0.15) is 5.26 Å². The van der Waals surface area contributed by atoms with Gasteiger partial charge in [-0.3, -0.25) is 10.1 Å². The fourth-order valence-corrected chi connectivity index (χ4v) is 1.11. The highest BCUT2D eigenvalue weighted by atomic mass is 16.6. The average molecular weight is 206 g/mol. The van der Waals surface area contributed by atoms with Crippen LogP contribution in [0.25, 0.3) is 0 Å². The van der Waals surface area contributed by atoms with Crippen molar-refractivity contribution in [1.82, 2.24) is 5.01 Å². The van der Waals surface area contributed by atoms with Crippen LogP contribution in [0.15, 0.2) is 18.2 Å². The summed E-state index contributed by atoms with van der Waals surface area (Å²) in [6, 6.07) is 6.10. The maximum atomic E-state index is 10.5. The number of nitriles is 1. The summed E-state index contributed by atoms with van der Waals surface area (Å²) in [6.45, 7) is 0. The maximum absolute atomic E-state index is 10.5.